The number of benzene rings is 4. The molecule has 242 valence electrons. The highest BCUT2D eigenvalue weighted by molar-refractivity contribution is 7.92. The molecular weight excluding hydrogens is 665 g/mol. The predicted molar refractivity (Wildman–Crippen MR) is 186 cm³/mol. The molecule has 4 rings (SSSR count). The van der Waals surface area contributed by atoms with Crippen LogP contribution in [0.25, 0.3) is 0 Å². The second-order valence-electron chi connectivity index (χ2n) is 12.0. The summed E-state index contributed by atoms with van der Waals surface area (Å²) in [6, 6.07) is 26.0. The Kier molecular flexibility index (Phi) is 11.4. The molecule has 0 saturated carbocycles. The molecule has 0 aliphatic rings. The van der Waals surface area contributed by atoms with Crippen LogP contribution < -0.4 is 9.62 Å². The first-order valence-electron chi connectivity index (χ1n) is 14.6. The van der Waals surface area contributed by atoms with Crippen molar-refractivity contribution in [2.45, 2.75) is 57.1 Å². The van der Waals surface area contributed by atoms with Crippen molar-refractivity contribution in [3.05, 3.63) is 129 Å². The van der Waals surface area contributed by atoms with Gasteiger partial charge in [0.2, 0.25) is 11.8 Å². The van der Waals surface area contributed by atoms with Crippen molar-refractivity contribution in [3.8, 4) is 0 Å². The average Bonchev–Trinajstić information content (AvgIpc) is 2.98. The summed E-state index contributed by atoms with van der Waals surface area (Å²) < 4.78 is 29.4. The molecule has 4 aromatic rings. The molecule has 0 fully saturated rings. The lowest BCUT2D eigenvalue weighted by Gasteiger charge is -2.35. The second kappa shape index (κ2) is 14.9. The Hall–Kier alpha value is -3.56. The number of hydrogen-bond donors (Lipinski definition) is 1. The van der Waals surface area contributed by atoms with E-state index in [4.69, 9.17) is 34.8 Å². The number of amides is 2. The van der Waals surface area contributed by atoms with E-state index in [1.54, 1.807) is 36.4 Å². The summed E-state index contributed by atoms with van der Waals surface area (Å²) >= 11 is 19.2. The quantitative estimate of drug-likeness (QED) is 0.174. The summed E-state index contributed by atoms with van der Waals surface area (Å²) in [5, 5.41) is 3.78. The number of rotatable bonds is 11. The van der Waals surface area contributed by atoms with Crippen LogP contribution in [0.1, 0.15) is 37.5 Å². The fraction of sp³-hybridized carbons (Fsp3) is 0.257. The van der Waals surface area contributed by atoms with Gasteiger partial charge in [-0.15, -0.1) is 0 Å². The number of halogens is 3. The van der Waals surface area contributed by atoms with Crippen molar-refractivity contribution in [1.29, 1.82) is 0 Å². The van der Waals surface area contributed by atoms with E-state index in [-0.39, 0.29) is 39.5 Å². The van der Waals surface area contributed by atoms with Crippen LogP contribution in [0.5, 0.6) is 0 Å². The molecule has 0 radical (unpaired) electrons. The number of carbonyl (C=O) groups excluding carboxylic acids is 2. The lowest BCUT2D eigenvalue weighted by Crippen LogP contribution is -2.56. The van der Waals surface area contributed by atoms with Crippen molar-refractivity contribution in [1.82, 2.24) is 10.2 Å². The van der Waals surface area contributed by atoms with Crippen LogP contribution >= 0.6 is 34.8 Å². The molecular formula is C35H36Cl3N3O4S. The van der Waals surface area contributed by atoms with E-state index in [0.717, 1.165) is 15.4 Å². The van der Waals surface area contributed by atoms with E-state index in [1.807, 2.05) is 58.0 Å². The Balaban J connectivity index is 1.85. The lowest BCUT2D eigenvalue weighted by molar-refractivity contribution is -0.140. The topological polar surface area (TPSA) is 86.8 Å². The molecule has 0 aliphatic heterocycles. The summed E-state index contributed by atoms with van der Waals surface area (Å²) in [5.41, 5.74) is 1.78. The lowest BCUT2D eigenvalue weighted by atomic mass is 10.0. The van der Waals surface area contributed by atoms with Gasteiger partial charge in [0.05, 0.1) is 15.6 Å². The third kappa shape index (κ3) is 9.26. The normalized spacial score (nSPS) is 12.3. The van der Waals surface area contributed by atoms with Crippen LogP contribution in [0.3, 0.4) is 0 Å². The van der Waals surface area contributed by atoms with Crippen molar-refractivity contribution in [2.24, 2.45) is 0 Å². The molecule has 0 saturated heterocycles. The SMILES string of the molecule is Cc1ccc(S(=O)(=O)N(CC(=O)N(Cc2cccc(Cl)c2)C(Cc2ccccc2)C(=O)NC(C)(C)C)c2cc(Cl)ccc2Cl)cc1. The highest BCUT2D eigenvalue weighted by Crippen LogP contribution is 2.33. The molecule has 0 bridgehead atoms. The largest absolute Gasteiger partial charge is 0.350 e. The third-order valence-corrected chi connectivity index (χ3v) is 9.64. The molecule has 0 heterocycles. The number of hydrogen-bond acceptors (Lipinski definition) is 4. The van der Waals surface area contributed by atoms with E-state index in [0.29, 0.717) is 10.6 Å². The van der Waals surface area contributed by atoms with Crippen molar-refractivity contribution < 1.29 is 18.0 Å². The van der Waals surface area contributed by atoms with Gasteiger partial charge >= 0.3 is 0 Å². The van der Waals surface area contributed by atoms with E-state index < -0.39 is 34.1 Å². The molecule has 7 nitrogen and oxygen atoms in total. The minimum Gasteiger partial charge on any atom is -0.350 e. The fourth-order valence-corrected chi connectivity index (χ4v) is 6.94. The summed E-state index contributed by atoms with van der Waals surface area (Å²) in [5.74, 6) is -1.02. The minimum absolute atomic E-state index is 0.0177. The average molecular weight is 701 g/mol. The van der Waals surface area contributed by atoms with Gasteiger partial charge in [-0.1, -0.05) is 95.0 Å². The molecule has 1 atom stereocenters. The Bertz CT molecular complexity index is 1790. The van der Waals surface area contributed by atoms with Crippen LogP contribution in [-0.2, 0) is 32.6 Å². The molecule has 4 aromatic carbocycles. The first kappa shape index (κ1) is 35.3. The summed E-state index contributed by atoms with van der Waals surface area (Å²) in [4.78, 5) is 29.9. The van der Waals surface area contributed by atoms with E-state index >= 15 is 0 Å². The van der Waals surface area contributed by atoms with Gasteiger partial charge in [-0.05, 0) is 81.3 Å². The monoisotopic (exact) mass is 699 g/mol. The molecule has 0 spiro atoms. The standard InChI is InChI=1S/C35H36Cl3N3O4S/c1-24-13-16-29(17-14-24)46(44,45)41(31-21-28(37)15-18-30(31)38)23-33(42)40(22-26-11-8-12-27(36)19-26)32(34(43)39-35(2,3)4)20-25-9-6-5-7-10-25/h5-19,21,32H,20,22-23H2,1-4H3,(H,39,43). The number of nitrogens with one attached hydrogen (secondary N) is 1. The number of anilines is 1. The van der Waals surface area contributed by atoms with Gasteiger partial charge < -0.3 is 10.2 Å². The van der Waals surface area contributed by atoms with Gasteiger partial charge in [0.25, 0.3) is 10.0 Å². The first-order valence-corrected chi connectivity index (χ1v) is 17.2. The van der Waals surface area contributed by atoms with Crippen LogP contribution in [0, 0.1) is 6.92 Å². The van der Waals surface area contributed by atoms with Gasteiger partial charge in [-0.3, -0.25) is 13.9 Å². The smallest absolute Gasteiger partial charge is 0.264 e. The first-order chi connectivity index (χ1) is 21.6. The van der Waals surface area contributed by atoms with Crippen LogP contribution in [0.15, 0.2) is 102 Å². The van der Waals surface area contributed by atoms with Gasteiger partial charge in [0.15, 0.2) is 0 Å². The molecule has 0 aromatic heterocycles. The van der Waals surface area contributed by atoms with Crippen molar-refractivity contribution in [2.75, 3.05) is 10.8 Å². The molecule has 1 unspecified atom stereocenters. The maximum absolute atomic E-state index is 14.6. The van der Waals surface area contributed by atoms with Crippen molar-refractivity contribution in [3.63, 3.8) is 0 Å². The van der Waals surface area contributed by atoms with Gasteiger partial charge in [0.1, 0.15) is 12.6 Å². The Labute approximate surface area is 286 Å². The zero-order chi connectivity index (χ0) is 33.6. The van der Waals surface area contributed by atoms with Crippen LogP contribution in [-0.4, -0.2) is 43.3 Å². The maximum atomic E-state index is 14.6. The second-order valence-corrected chi connectivity index (χ2v) is 15.2. The highest BCUT2D eigenvalue weighted by Gasteiger charge is 2.36. The van der Waals surface area contributed by atoms with Gasteiger partial charge in [-0.2, -0.15) is 0 Å². The summed E-state index contributed by atoms with van der Waals surface area (Å²) in [7, 11) is -4.33. The Morgan fingerprint density at radius 1 is 0.804 bits per heavy atom. The number of nitrogens with zero attached hydrogens (tertiary/aromatic N) is 2. The van der Waals surface area contributed by atoms with E-state index in [1.165, 1.54) is 35.2 Å². The molecule has 1 N–H and O–H groups in total. The van der Waals surface area contributed by atoms with E-state index in [2.05, 4.69) is 5.32 Å². The Morgan fingerprint density at radius 2 is 1.43 bits per heavy atom. The molecule has 46 heavy (non-hydrogen) atoms. The van der Waals surface area contributed by atoms with E-state index in [9.17, 15) is 18.0 Å². The minimum atomic E-state index is -4.33. The Morgan fingerprint density at radius 3 is 2.07 bits per heavy atom. The molecule has 0 aliphatic carbocycles. The van der Waals surface area contributed by atoms with Gasteiger partial charge in [-0.25, -0.2) is 8.42 Å². The molecule has 2 amide bonds. The number of aryl methyl sites for hydroxylation is 1. The zero-order valence-corrected chi connectivity index (χ0v) is 29.1. The third-order valence-electron chi connectivity index (χ3n) is 7.08. The van der Waals surface area contributed by atoms with Crippen LogP contribution in [0.2, 0.25) is 15.1 Å². The maximum Gasteiger partial charge on any atom is 0.264 e. The van der Waals surface area contributed by atoms with Gasteiger partial charge in [0, 0.05) is 28.5 Å². The number of sulfonamides is 1. The van der Waals surface area contributed by atoms with Crippen molar-refractivity contribution >= 4 is 62.3 Å². The molecule has 11 heteroatoms. The zero-order valence-electron chi connectivity index (χ0n) is 26.0. The van der Waals surface area contributed by atoms with Crippen LogP contribution in [0.4, 0.5) is 5.69 Å². The number of carbonyl (C=O) groups is 2. The summed E-state index contributed by atoms with van der Waals surface area (Å²) in [6.45, 7) is 6.72. The highest BCUT2D eigenvalue weighted by atomic mass is 35.5. The fourth-order valence-electron chi connectivity index (χ4n) is 4.87. The summed E-state index contributed by atoms with van der Waals surface area (Å²) in [6.07, 6.45) is 0.178. The predicted octanol–water partition coefficient (Wildman–Crippen LogP) is 7.71.